The van der Waals surface area contributed by atoms with Gasteiger partial charge in [-0.15, -0.1) is 0 Å². The molecule has 2 N–H and O–H groups in total. The maximum absolute atomic E-state index is 12.8. The lowest BCUT2D eigenvalue weighted by molar-refractivity contribution is -0.144. The SMILES string of the molecule is C[C@H](Oc1ccc(/C=C2/C(=O)NC(=O)N(c3cccc(Br)c3)C2=O)cc1)C(=O)O. The maximum Gasteiger partial charge on any atom is 0.344 e. The Balaban J connectivity index is 1.87. The van der Waals surface area contributed by atoms with Gasteiger partial charge >= 0.3 is 12.0 Å². The normalized spacial score (nSPS) is 16.6. The molecule has 0 spiro atoms. The second-order valence-corrected chi connectivity index (χ2v) is 7.02. The van der Waals surface area contributed by atoms with Crippen LogP contribution in [0.25, 0.3) is 6.08 Å². The van der Waals surface area contributed by atoms with Gasteiger partial charge in [0.1, 0.15) is 11.3 Å². The smallest absolute Gasteiger partial charge is 0.344 e. The van der Waals surface area contributed by atoms with Gasteiger partial charge in [-0.3, -0.25) is 14.9 Å². The number of hydrogen-bond donors (Lipinski definition) is 2. The monoisotopic (exact) mass is 458 g/mol. The zero-order chi connectivity index (χ0) is 21.1. The first-order chi connectivity index (χ1) is 13.8. The molecule has 0 aromatic heterocycles. The van der Waals surface area contributed by atoms with Crippen LogP contribution in [0.1, 0.15) is 12.5 Å². The molecule has 1 aliphatic heterocycles. The molecule has 4 amide bonds. The highest BCUT2D eigenvalue weighted by Gasteiger charge is 2.36. The summed E-state index contributed by atoms with van der Waals surface area (Å²) in [5.74, 6) is -2.33. The molecule has 0 unspecified atom stereocenters. The molecule has 1 saturated heterocycles. The number of nitrogens with one attached hydrogen (secondary N) is 1. The van der Waals surface area contributed by atoms with E-state index in [4.69, 9.17) is 9.84 Å². The Morgan fingerprint density at radius 1 is 1.17 bits per heavy atom. The summed E-state index contributed by atoms with van der Waals surface area (Å²) in [4.78, 5) is 48.9. The Hall–Kier alpha value is -3.46. The van der Waals surface area contributed by atoms with Crippen LogP contribution < -0.4 is 15.0 Å². The standard InChI is InChI=1S/C20H15BrN2O6/c1-11(19(26)27)29-15-7-5-12(6-8-15)9-16-17(24)22-20(28)23(18(16)25)14-4-2-3-13(21)10-14/h2-11H,1H3,(H,26,27)(H,22,24,28)/b16-9-/t11-/m0/s1. The number of carboxylic acid groups (broad SMARTS) is 1. The number of nitrogens with zero attached hydrogens (tertiary/aromatic N) is 1. The molecule has 0 bridgehead atoms. The molecular weight excluding hydrogens is 444 g/mol. The summed E-state index contributed by atoms with van der Waals surface area (Å²) >= 11 is 3.28. The minimum absolute atomic E-state index is 0.211. The van der Waals surface area contributed by atoms with E-state index in [0.29, 0.717) is 21.5 Å². The lowest BCUT2D eigenvalue weighted by Gasteiger charge is -2.26. The third-order valence-corrected chi connectivity index (χ3v) is 4.51. The highest BCUT2D eigenvalue weighted by molar-refractivity contribution is 9.10. The molecule has 8 nitrogen and oxygen atoms in total. The number of carboxylic acids is 1. The van der Waals surface area contributed by atoms with Gasteiger partial charge in [-0.25, -0.2) is 14.5 Å². The van der Waals surface area contributed by atoms with Crippen LogP contribution in [0.2, 0.25) is 0 Å². The fourth-order valence-electron chi connectivity index (χ4n) is 2.57. The number of anilines is 1. The van der Waals surface area contributed by atoms with Crippen LogP contribution in [0, 0.1) is 0 Å². The number of rotatable bonds is 5. The summed E-state index contributed by atoms with van der Waals surface area (Å²) < 4.78 is 5.91. The quantitative estimate of drug-likeness (QED) is 0.525. The summed E-state index contributed by atoms with van der Waals surface area (Å²) in [5, 5.41) is 11.0. The van der Waals surface area contributed by atoms with Crippen molar-refractivity contribution in [1.29, 1.82) is 0 Å². The highest BCUT2D eigenvalue weighted by atomic mass is 79.9. The van der Waals surface area contributed by atoms with Crippen molar-refractivity contribution in [1.82, 2.24) is 5.32 Å². The first-order valence-electron chi connectivity index (χ1n) is 8.43. The van der Waals surface area contributed by atoms with Crippen molar-refractivity contribution in [2.45, 2.75) is 13.0 Å². The Labute approximate surface area is 173 Å². The van der Waals surface area contributed by atoms with Gasteiger partial charge in [-0.2, -0.15) is 0 Å². The lowest BCUT2D eigenvalue weighted by atomic mass is 10.1. The summed E-state index contributed by atoms with van der Waals surface area (Å²) in [7, 11) is 0. The molecular formula is C20H15BrN2O6. The molecule has 0 radical (unpaired) electrons. The van der Waals surface area contributed by atoms with Crippen LogP contribution in [0.15, 0.2) is 58.6 Å². The van der Waals surface area contributed by atoms with Crippen molar-refractivity contribution < 1.29 is 29.0 Å². The summed E-state index contributed by atoms with van der Waals surface area (Å²) in [6.07, 6.45) is 0.328. The fourth-order valence-corrected chi connectivity index (χ4v) is 2.96. The van der Waals surface area contributed by atoms with Gasteiger partial charge in [0.05, 0.1) is 5.69 Å². The number of carbonyl (C=O) groups is 4. The zero-order valence-corrected chi connectivity index (χ0v) is 16.7. The van der Waals surface area contributed by atoms with E-state index in [9.17, 15) is 19.2 Å². The second-order valence-electron chi connectivity index (χ2n) is 6.11. The van der Waals surface area contributed by atoms with Gasteiger partial charge in [-0.05, 0) is 48.9 Å². The van der Waals surface area contributed by atoms with Crippen molar-refractivity contribution in [3.05, 3.63) is 64.1 Å². The molecule has 9 heteroatoms. The molecule has 29 heavy (non-hydrogen) atoms. The van der Waals surface area contributed by atoms with Crippen LogP contribution >= 0.6 is 15.9 Å². The zero-order valence-electron chi connectivity index (χ0n) is 15.1. The predicted molar refractivity (Wildman–Crippen MR) is 107 cm³/mol. The van der Waals surface area contributed by atoms with Crippen molar-refractivity contribution in [2.24, 2.45) is 0 Å². The fraction of sp³-hybridized carbons (Fsp3) is 0.100. The average molecular weight is 459 g/mol. The predicted octanol–water partition coefficient (Wildman–Crippen LogP) is 2.97. The van der Waals surface area contributed by atoms with Crippen molar-refractivity contribution in [3.8, 4) is 5.75 Å². The van der Waals surface area contributed by atoms with E-state index in [1.165, 1.54) is 25.1 Å². The Kier molecular flexibility index (Phi) is 5.79. The number of imide groups is 2. The van der Waals surface area contributed by atoms with E-state index in [-0.39, 0.29) is 5.57 Å². The Morgan fingerprint density at radius 3 is 2.48 bits per heavy atom. The minimum atomic E-state index is -1.10. The number of halogens is 1. The number of carbonyl (C=O) groups excluding carboxylic acids is 3. The van der Waals surface area contributed by atoms with Gasteiger partial charge in [0.15, 0.2) is 6.10 Å². The summed E-state index contributed by atoms with van der Waals surface area (Å²) in [6, 6.07) is 11.9. The van der Waals surface area contributed by atoms with Gasteiger partial charge in [0.25, 0.3) is 11.8 Å². The van der Waals surface area contributed by atoms with E-state index < -0.39 is 29.9 Å². The number of hydrogen-bond acceptors (Lipinski definition) is 5. The largest absolute Gasteiger partial charge is 0.479 e. The van der Waals surface area contributed by atoms with E-state index in [0.717, 1.165) is 4.90 Å². The molecule has 0 saturated carbocycles. The number of urea groups is 1. The highest BCUT2D eigenvalue weighted by Crippen LogP contribution is 2.25. The van der Waals surface area contributed by atoms with Crippen LogP contribution in [-0.2, 0) is 14.4 Å². The number of benzene rings is 2. The van der Waals surface area contributed by atoms with E-state index in [1.54, 1.807) is 36.4 Å². The molecule has 1 atom stereocenters. The lowest BCUT2D eigenvalue weighted by Crippen LogP contribution is -2.54. The van der Waals surface area contributed by atoms with Gasteiger partial charge in [-0.1, -0.05) is 34.1 Å². The van der Waals surface area contributed by atoms with E-state index in [2.05, 4.69) is 21.2 Å². The topological polar surface area (TPSA) is 113 Å². The molecule has 1 aliphatic rings. The third kappa shape index (κ3) is 4.52. The van der Waals surface area contributed by atoms with Crippen molar-refractivity contribution >= 4 is 51.5 Å². The van der Waals surface area contributed by atoms with Crippen LogP contribution in [-0.4, -0.2) is 35.0 Å². The van der Waals surface area contributed by atoms with Gasteiger partial charge < -0.3 is 9.84 Å². The maximum atomic E-state index is 12.8. The van der Waals surface area contributed by atoms with E-state index in [1.807, 2.05) is 0 Å². The van der Waals surface area contributed by atoms with Gasteiger partial charge in [0.2, 0.25) is 0 Å². The van der Waals surface area contributed by atoms with Crippen molar-refractivity contribution in [2.75, 3.05) is 4.90 Å². The number of amides is 4. The summed E-state index contributed by atoms with van der Waals surface area (Å²) in [5.41, 5.74) is 0.603. The van der Waals surface area contributed by atoms with Crippen LogP contribution in [0.3, 0.4) is 0 Å². The summed E-state index contributed by atoms with van der Waals surface area (Å²) in [6.45, 7) is 1.40. The first kappa shape index (κ1) is 20.3. The molecule has 2 aromatic rings. The molecule has 1 fully saturated rings. The molecule has 0 aliphatic carbocycles. The second kappa shape index (κ2) is 8.27. The Bertz CT molecular complexity index is 1030. The number of ether oxygens (including phenoxy) is 1. The first-order valence-corrected chi connectivity index (χ1v) is 9.22. The number of aliphatic carboxylic acids is 1. The van der Waals surface area contributed by atoms with Gasteiger partial charge in [0, 0.05) is 4.47 Å². The average Bonchev–Trinajstić information content (AvgIpc) is 2.66. The molecule has 3 rings (SSSR count). The molecule has 148 valence electrons. The molecule has 1 heterocycles. The molecule has 2 aromatic carbocycles. The number of barbiturate groups is 1. The Morgan fingerprint density at radius 2 is 1.86 bits per heavy atom. The van der Waals surface area contributed by atoms with E-state index >= 15 is 0 Å². The third-order valence-electron chi connectivity index (χ3n) is 4.02. The van der Waals surface area contributed by atoms with Crippen LogP contribution in [0.5, 0.6) is 5.75 Å². The van der Waals surface area contributed by atoms with Crippen molar-refractivity contribution in [3.63, 3.8) is 0 Å². The minimum Gasteiger partial charge on any atom is -0.479 e. The van der Waals surface area contributed by atoms with Crippen LogP contribution in [0.4, 0.5) is 10.5 Å².